The van der Waals surface area contributed by atoms with Crippen LogP contribution in [0.5, 0.6) is 0 Å². The Morgan fingerprint density at radius 3 is 0.743 bits per heavy atom. The van der Waals surface area contributed by atoms with Crippen LogP contribution in [0.2, 0.25) is 0 Å². The summed E-state index contributed by atoms with van der Waals surface area (Å²) in [7, 11) is 0. The number of rotatable bonds is 59. The summed E-state index contributed by atoms with van der Waals surface area (Å²) in [5, 5.41) is 0. The summed E-state index contributed by atoms with van der Waals surface area (Å²) in [4.78, 5) is 37.8. The summed E-state index contributed by atoms with van der Waals surface area (Å²) in [6.45, 7) is 6.60. The summed E-state index contributed by atoms with van der Waals surface area (Å²) in [6.07, 6.45) is 70.1. The molecular weight excluding hydrogens is 865 g/mol. The molecule has 0 spiro atoms. The number of esters is 3. The third-order valence-corrected chi connectivity index (χ3v) is 14.5. The van der Waals surface area contributed by atoms with Crippen molar-refractivity contribution in [3.05, 3.63) is 12.2 Å². The van der Waals surface area contributed by atoms with Gasteiger partial charge in [0.2, 0.25) is 0 Å². The molecule has 0 bridgehead atoms. The monoisotopic (exact) mass is 987 g/mol. The highest BCUT2D eigenvalue weighted by Gasteiger charge is 2.19. The van der Waals surface area contributed by atoms with Crippen LogP contribution in [0.1, 0.15) is 361 Å². The van der Waals surface area contributed by atoms with E-state index in [4.69, 9.17) is 14.2 Å². The molecule has 0 N–H and O–H groups in total. The van der Waals surface area contributed by atoms with Crippen LogP contribution >= 0.6 is 0 Å². The SMILES string of the molecule is CCCCC/C=C\CCCCCCCC(=O)OC(COC(=O)CCCCCCCC)COC(=O)CCCCCCCCCCCCCCCCCCCCCCCCCCCCCCCCCCCC. The molecule has 0 radical (unpaired) electrons. The van der Waals surface area contributed by atoms with Crippen LogP contribution < -0.4 is 0 Å². The molecule has 0 aliphatic carbocycles. The molecule has 0 aromatic carbocycles. The van der Waals surface area contributed by atoms with Gasteiger partial charge in [0.25, 0.3) is 0 Å². The molecule has 0 aromatic heterocycles. The minimum atomic E-state index is -0.767. The Balaban J connectivity index is 3.82. The molecule has 70 heavy (non-hydrogen) atoms. The Bertz CT molecular complexity index is 1090. The van der Waals surface area contributed by atoms with E-state index < -0.39 is 6.10 Å². The number of hydrogen-bond acceptors (Lipinski definition) is 6. The number of unbranched alkanes of at least 4 members (excludes halogenated alkanes) is 46. The van der Waals surface area contributed by atoms with E-state index in [9.17, 15) is 14.4 Å². The maximum Gasteiger partial charge on any atom is 0.306 e. The van der Waals surface area contributed by atoms with Crippen molar-refractivity contribution >= 4 is 17.9 Å². The maximum atomic E-state index is 12.7. The molecule has 0 aliphatic rings. The van der Waals surface area contributed by atoms with Crippen molar-refractivity contribution in [2.24, 2.45) is 0 Å². The topological polar surface area (TPSA) is 78.9 Å². The molecule has 1 atom stereocenters. The van der Waals surface area contributed by atoms with Gasteiger partial charge in [0.15, 0.2) is 6.10 Å². The van der Waals surface area contributed by atoms with Gasteiger partial charge >= 0.3 is 17.9 Å². The van der Waals surface area contributed by atoms with Crippen LogP contribution in [0.25, 0.3) is 0 Å². The van der Waals surface area contributed by atoms with Gasteiger partial charge in [-0.05, 0) is 44.9 Å². The van der Waals surface area contributed by atoms with Crippen molar-refractivity contribution in [2.75, 3.05) is 13.2 Å². The van der Waals surface area contributed by atoms with Crippen LogP contribution in [-0.4, -0.2) is 37.2 Å². The Kier molecular flexibility index (Phi) is 58.1. The van der Waals surface area contributed by atoms with Gasteiger partial charge in [0.05, 0.1) is 0 Å². The molecule has 0 amide bonds. The first kappa shape index (κ1) is 68.2. The Hall–Kier alpha value is -1.85. The van der Waals surface area contributed by atoms with Crippen LogP contribution in [0.3, 0.4) is 0 Å². The van der Waals surface area contributed by atoms with Crippen molar-refractivity contribution < 1.29 is 28.6 Å². The van der Waals surface area contributed by atoms with E-state index in [-0.39, 0.29) is 31.1 Å². The van der Waals surface area contributed by atoms with E-state index in [1.807, 2.05) is 0 Å². The highest BCUT2D eigenvalue weighted by atomic mass is 16.6. The molecule has 0 fully saturated rings. The van der Waals surface area contributed by atoms with Crippen molar-refractivity contribution in [3.8, 4) is 0 Å². The third kappa shape index (κ3) is 57.1. The molecule has 0 saturated carbocycles. The van der Waals surface area contributed by atoms with Crippen molar-refractivity contribution in [1.29, 1.82) is 0 Å². The fourth-order valence-corrected chi connectivity index (χ4v) is 9.74. The molecule has 6 heteroatoms. The van der Waals surface area contributed by atoms with E-state index in [1.54, 1.807) is 0 Å². The zero-order valence-corrected chi connectivity index (χ0v) is 47.6. The fraction of sp³-hybridized carbons (Fsp3) is 0.922. The largest absolute Gasteiger partial charge is 0.462 e. The number of hydrogen-bond donors (Lipinski definition) is 0. The third-order valence-electron chi connectivity index (χ3n) is 14.5. The molecule has 0 aromatic rings. The van der Waals surface area contributed by atoms with Crippen LogP contribution in [-0.2, 0) is 28.6 Å². The van der Waals surface area contributed by atoms with Gasteiger partial charge in [0, 0.05) is 19.3 Å². The molecule has 0 saturated heterocycles. The number of ether oxygens (including phenoxy) is 3. The molecule has 0 aliphatic heterocycles. The lowest BCUT2D eigenvalue weighted by molar-refractivity contribution is -0.167. The maximum absolute atomic E-state index is 12.7. The number of allylic oxidation sites excluding steroid dienone is 2. The molecule has 1 unspecified atom stereocenters. The van der Waals surface area contributed by atoms with Gasteiger partial charge in [-0.3, -0.25) is 14.4 Å². The normalized spacial score (nSPS) is 12.0. The van der Waals surface area contributed by atoms with Gasteiger partial charge in [-0.25, -0.2) is 0 Å². The Labute approximate surface area is 437 Å². The van der Waals surface area contributed by atoms with E-state index >= 15 is 0 Å². The first-order valence-electron chi connectivity index (χ1n) is 31.7. The first-order chi connectivity index (χ1) is 34.5. The summed E-state index contributed by atoms with van der Waals surface area (Å²) < 4.78 is 16.7. The lowest BCUT2D eigenvalue weighted by atomic mass is 10.0. The standard InChI is InChI=1S/C64H122O6/c1-4-7-10-13-16-18-20-22-23-24-25-26-27-28-29-30-31-32-33-34-35-36-37-38-39-40-41-42-43-45-46-48-51-54-57-63(66)69-60-61(59-68-62(65)56-53-50-15-12-9-6-3)70-64(67)58-55-52-49-47-44-21-19-17-14-11-8-5-2/h17,19,61H,4-16,18,20-60H2,1-3H3/b19-17-. The van der Waals surface area contributed by atoms with Crippen LogP contribution in [0.4, 0.5) is 0 Å². The second-order valence-corrected chi connectivity index (χ2v) is 21.7. The highest BCUT2D eigenvalue weighted by molar-refractivity contribution is 5.71. The zero-order valence-electron chi connectivity index (χ0n) is 47.6. The summed E-state index contributed by atoms with van der Waals surface area (Å²) >= 11 is 0. The minimum Gasteiger partial charge on any atom is -0.462 e. The average molecular weight is 988 g/mol. The first-order valence-corrected chi connectivity index (χ1v) is 31.7. The molecule has 0 heterocycles. The second-order valence-electron chi connectivity index (χ2n) is 21.7. The van der Waals surface area contributed by atoms with E-state index in [0.717, 1.165) is 64.2 Å². The predicted octanol–water partition coefficient (Wildman–Crippen LogP) is 21.3. The Morgan fingerprint density at radius 2 is 0.471 bits per heavy atom. The minimum absolute atomic E-state index is 0.0689. The van der Waals surface area contributed by atoms with E-state index in [0.29, 0.717) is 19.3 Å². The van der Waals surface area contributed by atoms with Crippen molar-refractivity contribution in [1.82, 2.24) is 0 Å². The van der Waals surface area contributed by atoms with Crippen LogP contribution in [0.15, 0.2) is 12.2 Å². The zero-order chi connectivity index (χ0) is 50.7. The van der Waals surface area contributed by atoms with E-state index in [2.05, 4.69) is 32.9 Å². The summed E-state index contributed by atoms with van der Waals surface area (Å²) in [6, 6.07) is 0. The molecule has 0 rings (SSSR count). The van der Waals surface area contributed by atoms with E-state index in [1.165, 1.54) is 257 Å². The smallest absolute Gasteiger partial charge is 0.306 e. The van der Waals surface area contributed by atoms with Gasteiger partial charge < -0.3 is 14.2 Å². The molecule has 414 valence electrons. The van der Waals surface area contributed by atoms with Crippen molar-refractivity contribution in [3.63, 3.8) is 0 Å². The summed E-state index contributed by atoms with van der Waals surface area (Å²) in [5.74, 6) is -0.869. The number of carbonyl (C=O) groups excluding carboxylic acids is 3. The number of carbonyl (C=O) groups is 3. The highest BCUT2D eigenvalue weighted by Crippen LogP contribution is 2.18. The predicted molar refractivity (Wildman–Crippen MR) is 303 cm³/mol. The van der Waals surface area contributed by atoms with Gasteiger partial charge in [-0.15, -0.1) is 0 Å². The van der Waals surface area contributed by atoms with Gasteiger partial charge in [-0.1, -0.05) is 309 Å². The van der Waals surface area contributed by atoms with Gasteiger partial charge in [0.1, 0.15) is 13.2 Å². The van der Waals surface area contributed by atoms with Crippen molar-refractivity contribution in [2.45, 2.75) is 367 Å². The molecule has 6 nitrogen and oxygen atoms in total. The van der Waals surface area contributed by atoms with Gasteiger partial charge in [-0.2, -0.15) is 0 Å². The lowest BCUT2D eigenvalue weighted by Crippen LogP contribution is -2.30. The summed E-state index contributed by atoms with van der Waals surface area (Å²) in [5.41, 5.74) is 0. The second kappa shape index (κ2) is 59.7. The van der Waals surface area contributed by atoms with Crippen LogP contribution in [0, 0.1) is 0 Å². The average Bonchev–Trinajstić information content (AvgIpc) is 3.36. The lowest BCUT2D eigenvalue weighted by Gasteiger charge is -2.18. The Morgan fingerprint density at radius 1 is 0.271 bits per heavy atom. The fourth-order valence-electron chi connectivity index (χ4n) is 9.74. The quantitative estimate of drug-likeness (QED) is 0.0261. The molecular formula is C64H122O6.